The molecule has 1 atom stereocenters. The van der Waals surface area contributed by atoms with Gasteiger partial charge in [0, 0.05) is 31.9 Å². The van der Waals surface area contributed by atoms with E-state index in [0.717, 1.165) is 11.4 Å². The van der Waals surface area contributed by atoms with Crippen LogP contribution < -0.4 is 16.0 Å². The van der Waals surface area contributed by atoms with Crippen molar-refractivity contribution >= 4 is 28.9 Å². The summed E-state index contributed by atoms with van der Waals surface area (Å²) in [6, 6.07) is 13.0. The van der Waals surface area contributed by atoms with Crippen LogP contribution in [-0.4, -0.2) is 43.7 Å². The lowest BCUT2D eigenvalue weighted by molar-refractivity contribution is -0.138. The number of anilines is 1. The monoisotopic (exact) mass is 355 g/mol. The highest BCUT2D eigenvalue weighted by Gasteiger charge is 2.13. The van der Waals surface area contributed by atoms with Crippen molar-refractivity contribution in [2.45, 2.75) is 6.04 Å². The van der Waals surface area contributed by atoms with Crippen molar-refractivity contribution in [3.63, 3.8) is 0 Å². The highest BCUT2D eigenvalue weighted by molar-refractivity contribution is 5.94. The van der Waals surface area contributed by atoms with E-state index in [1.807, 2.05) is 43.3 Å². The van der Waals surface area contributed by atoms with Gasteiger partial charge in [0.2, 0.25) is 0 Å². The largest absolute Gasteiger partial charge is 0.480 e. The number of nitrogens with one attached hydrogen (secondary N) is 1. The zero-order chi connectivity index (χ0) is 19.1. The molecule has 8 nitrogen and oxygen atoms in total. The van der Waals surface area contributed by atoms with Gasteiger partial charge in [0.15, 0.2) is 0 Å². The Morgan fingerprint density at radius 2 is 1.54 bits per heavy atom. The van der Waals surface area contributed by atoms with Gasteiger partial charge >= 0.3 is 5.97 Å². The lowest BCUT2D eigenvalue weighted by Crippen LogP contribution is -2.42. The predicted molar refractivity (Wildman–Crippen MR) is 99.3 cm³/mol. The number of rotatable bonds is 7. The van der Waals surface area contributed by atoms with Crippen molar-refractivity contribution in [1.29, 1.82) is 0 Å². The Balaban J connectivity index is 1.96. The fraction of sp³-hybridized carbons (Fsp3) is 0.222. The molecular weight excluding hydrogens is 334 g/mol. The van der Waals surface area contributed by atoms with E-state index in [-0.39, 0.29) is 6.54 Å². The number of carbonyl (C=O) groups is 2. The highest BCUT2D eigenvalue weighted by Crippen LogP contribution is 2.21. The Labute approximate surface area is 151 Å². The lowest BCUT2D eigenvalue weighted by Gasteiger charge is -2.11. The quantitative estimate of drug-likeness (QED) is 0.658. The van der Waals surface area contributed by atoms with Crippen LogP contribution in [-0.2, 0) is 4.79 Å². The van der Waals surface area contributed by atoms with E-state index in [0.29, 0.717) is 11.3 Å². The molecule has 0 fully saturated rings. The number of azo groups is 1. The van der Waals surface area contributed by atoms with E-state index < -0.39 is 17.9 Å². The van der Waals surface area contributed by atoms with Gasteiger partial charge in [-0.15, -0.1) is 0 Å². The van der Waals surface area contributed by atoms with E-state index in [4.69, 9.17) is 10.8 Å². The third-order valence-corrected chi connectivity index (χ3v) is 3.58. The van der Waals surface area contributed by atoms with Gasteiger partial charge in [-0.2, -0.15) is 10.2 Å². The van der Waals surface area contributed by atoms with Crippen LogP contribution in [0.3, 0.4) is 0 Å². The van der Waals surface area contributed by atoms with E-state index >= 15 is 0 Å². The number of carboxylic acid groups (broad SMARTS) is 1. The second kappa shape index (κ2) is 8.72. The fourth-order valence-electron chi connectivity index (χ4n) is 2.00. The minimum atomic E-state index is -1.17. The van der Waals surface area contributed by atoms with Gasteiger partial charge in [-0.25, -0.2) is 0 Å². The number of hydrogen-bond acceptors (Lipinski definition) is 6. The number of hydrogen-bond donors (Lipinski definition) is 3. The smallest absolute Gasteiger partial charge is 0.322 e. The topological polar surface area (TPSA) is 120 Å². The van der Waals surface area contributed by atoms with E-state index in [9.17, 15) is 9.59 Å². The van der Waals surface area contributed by atoms with Crippen LogP contribution >= 0.6 is 0 Å². The number of aliphatic carboxylic acids is 1. The normalized spacial score (nSPS) is 12.0. The van der Waals surface area contributed by atoms with Crippen LogP contribution in [0.15, 0.2) is 58.8 Å². The van der Waals surface area contributed by atoms with Crippen molar-refractivity contribution in [3.05, 3.63) is 54.1 Å². The zero-order valence-corrected chi connectivity index (χ0v) is 14.6. The third-order valence-electron chi connectivity index (χ3n) is 3.58. The number of amides is 1. The molecule has 136 valence electrons. The second-order valence-electron chi connectivity index (χ2n) is 5.81. The first kappa shape index (κ1) is 19.1. The molecule has 0 bridgehead atoms. The summed E-state index contributed by atoms with van der Waals surface area (Å²) < 4.78 is 0. The molecule has 0 aliphatic rings. The van der Waals surface area contributed by atoms with Crippen LogP contribution in [0.2, 0.25) is 0 Å². The van der Waals surface area contributed by atoms with Crippen molar-refractivity contribution in [1.82, 2.24) is 5.32 Å². The molecule has 0 saturated carbocycles. The number of nitrogens with zero attached hydrogens (tertiary/aromatic N) is 3. The fourth-order valence-corrected chi connectivity index (χ4v) is 2.00. The van der Waals surface area contributed by atoms with Gasteiger partial charge in [-0.3, -0.25) is 9.59 Å². The van der Waals surface area contributed by atoms with Gasteiger partial charge in [0.25, 0.3) is 5.91 Å². The molecule has 0 radical (unpaired) electrons. The molecule has 0 heterocycles. The van der Waals surface area contributed by atoms with Gasteiger partial charge in [0.1, 0.15) is 6.04 Å². The molecule has 0 spiro atoms. The van der Waals surface area contributed by atoms with Crippen molar-refractivity contribution in [2.75, 3.05) is 25.5 Å². The average molecular weight is 355 g/mol. The molecule has 2 aromatic carbocycles. The maximum atomic E-state index is 11.9. The molecular formula is C18H21N5O3. The third kappa shape index (κ3) is 5.38. The Morgan fingerprint density at radius 3 is 2.00 bits per heavy atom. The first-order chi connectivity index (χ1) is 12.4. The minimum absolute atomic E-state index is 0.140. The Kier molecular flexibility index (Phi) is 6.40. The maximum absolute atomic E-state index is 11.9. The van der Waals surface area contributed by atoms with E-state index in [1.54, 1.807) is 24.3 Å². The minimum Gasteiger partial charge on any atom is -0.480 e. The molecule has 0 aromatic heterocycles. The van der Waals surface area contributed by atoms with Crippen molar-refractivity contribution < 1.29 is 14.7 Å². The molecule has 0 aliphatic carbocycles. The Morgan fingerprint density at radius 1 is 1.04 bits per heavy atom. The van der Waals surface area contributed by atoms with Crippen LogP contribution in [0.4, 0.5) is 17.1 Å². The van der Waals surface area contributed by atoms with Crippen LogP contribution in [0.5, 0.6) is 0 Å². The van der Waals surface area contributed by atoms with Crippen molar-refractivity contribution in [3.8, 4) is 0 Å². The maximum Gasteiger partial charge on any atom is 0.322 e. The van der Waals surface area contributed by atoms with Crippen LogP contribution in [0.25, 0.3) is 0 Å². The highest BCUT2D eigenvalue weighted by atomic mass is 16.4. The average Bonchev–Trinajstić information content (AvgIpc) is 2.64. The summed E-state index contributed by atoms with van der Waals surface area (Å²) in [5, 5.41) is 19.4. The van der Waals surface area contributed by atoms with Crippen LogP contribution in [0, 0.1) is 0 Å². The first-order valence-electron chi connectivity index (χ1n) is 7.92. The summed E-state index contributed by atoms with van der Waals surface area (Å²) in [4.78, 5) is 24.6. The second-order valence-corrected chi connectivity index (χ2v) is 5.81. The lowest BCUT2D eigenvalue weighted by atomic mass is 10.2. The standard InChI is InChI=1S/C18H21N5O3/c1-23(2)15-9-7-14(8-10-15)22-21-13-5-3-12(4-6-13)17(24)20-11-16(19)18(25)26/h3-10,16H,11,19H2,1-2H3,(H,20,24)(H,25,26)/t16-/m0/s1. The summed E-state index contributed by atoms with van der Waals surface area (Å²) in [6.07, 6.45) is 0. The first-order valence-corrected chi connectivity index (χ1v) is 7.92. The van der Waals surface area contributed by atoms with E-state index in [1.165, 1.54) is 0 Å². The van der Waals surface area contributed by atoms with Gasteiger partial charge in [-0.05, 0) is 48.5 Å². The zero-order valence-electron chi connectivity index (χ0n) is 14.6. The summed E-state index contributed by atoms with van der Waals surface area (Å²) in [6.45, 7) is -0.140. The van der Waals surface area contributed by atoms with Gasteiger partial charge in [0.05, 0.1) is 11.4 Å². The molecule has 2 aromatic rings. The summed E-state index contributed by atoms with van der Waals surface area (Å²) >= 11 is 0. The van der Waals surface area contributed by atoms with E-state index in [2.05, 4.69) is 15.5 Å². The van der Waals surface area contributed by atoms with Gasteiger partial charge < -0.3 is 21.1 Å². The number of carboxylic acids is 1. The Bertz CT molecular complexity index is 785. The summed E-state index contributed by atoms with van der Waals surface area (Å²) in [5.41, 5.74) is 8.12. The molecule has 0 aliphatic heterocycles. The predicted octanol–water partition coefficient (Wildman–Crippen LogP) is 2.31. The molecule has 2 rings (SSSR count). The molecule has 26 heavy (non-hydrogen) atoms. The molecule has 0 saturated heterocycles. The summed E-state index contributed by atoms with van der Waals surface area (Å²) in [7, 11) is 3.92. The summed E-state index contributed by atoms with van der Waals surface area (Å²) in [5.74, 6) is -1.57. The molecule has 1 amide bonds. The molecule has 0 unspecified atom stereocenters. The molecule has 4 N–H and O–H groups in total. The van der Waals surface area contributed by atoms with Crippen molar-refractivity contribution in [2.24, 2.45) is 16.0 Å². The van der Waals surface area contributed by atoms with Gasteiger partial charge in [-0.1, -0.05) is 0 Å². The number of benzene rings is 2. The Hall–Kier alpha value is -3.26. The number of carbonyl (C=O) groups excluding carboxylic acids is 1. The molecule has 8 heteroatoms. The van der Waals surface area contributed by atoms with Crippen LogP contribution in [0.1, 0.15) is 10.4 Å². The number of nitrogens with two attached hydrogens (primary N) is 1. The SMILES string of the molecule is CN(C)c1ccc(N=Nc2ccc(C(=O)NC[C@H](N)C(=O)O)cc2)cc1.